The Bertz CT molecular complexity index is 128. The molecule has 0 heterocycles. The maximum absolute atomic E-state index is 11.7. The fourth-order valence-corrected chi connectivity index (χ4v) is 0.713. The first kappa shape index (κ1) is 10.5. The average Bonchev–Trinajstić information content (AvgIpc) is 1.85. The van der Waals surface area contributed by atoms with E-state index in [9.17, 15) is 13.6 Å². The normalized spacial score (nSPS) is 11.1. The number of likely N-dealkylation sites (N-methyl/N-ethyl adjacent to an activating group) is 1. The van der Waals surface area contributed by atoms with Gasteiger partial charge in [0, 0.05) is 6.42 Å². The van der Waals surface area contributed by atoms with Gasteiger partial charge >= 0.3 is 0 Å². The fourth-order valence-electron chi connectivity index (χ4n) is 0.713. The van der Waals surface area contributed by atoms with E-state index in [0.29, 0.717) is 6.42 Å². The largest absolute Gasteiger partial charge is 0.298 e. The highest BCUT2D eigenvalue weighted by molar-refractivity contribution is 5.80. The number of halogens is 2. The minimum atomic E-state index is -2.36. The summed E-state index contributed by atoms with van der Waals surface area (Å²) in [7, 11) is 1.51. The van der Waals surface area contributed by atoms with E-state index in [1.165, 1.54) is 11.9 Å². The van der Waals surface area contributed by atoms with Crippen molar-refractivity contribution in [1.82, 2.24) is 4.90 Å². The molecule has 0 aromatic rings. The topological polar surface area (TPSA) is 20.3 Å². The van der Waals surface area contributed by atoms with E-state index < -0.39 is 6.43 Å². The number of alkyl halides is 2. The van der Waals surface area contributed by atoms with E-state index in [4.69, 9.17) is 0 Å². The molecule has 0 aliphatic carbocycles. The van der Waals surface area contributed by atoms with Crippen LogP contribution >= 0.6 is 0 Å². The van der Waals surface area contributed by atoms with Crippen molar-refractivity contribution >= 4 is 5.78 Å². The molecule has 0 amide bonds. The second-order valence-electron chi connectivity index (χ2n) is 2.48. The summed E-state index contributed by atoms with van der Waals surface area (Å²) in [5.41, 5.74) is 0. The van der Waals surface area contributed by atoms with Gasteiger partial charge in [0.2, 0.25) is 0 Å². The van der Waals surface area contributed by atoms with Gasteiger partial charge in [-0.1, -0.05) is 6.92 Å². The molecule has 66 valence electrons. The highest BCUT2D eigenvalue weighted by Gasteiger charge is 2.09. The molecule has 0 aliphatic rings. The highest BCUT2D eigenvalue weighted by atomic mass is 19.3. The fraction of sp³-hybridized carbons (Fsp3) is 0.857. The minimum absolute atomic E-state index is 0.00634. The summed E-state index contributed by atoms with van der Waals surface area (Å²) in [6, 6.07) is 0. The van der Waals surface area contributed by atoms with Crippen LogP contribution in [0, 0.1) is 0 Å². The van der Waals surface area contributed by atoms with Crippen molar-refractivity contribution in [3.8, 4) is 0 Å². The van der Waals surface area contributed by atoms with Crippen molar-refractivity contribution in [2.24, 2.45) is 0 Å². The Morgan fingerprint density at radius 3 is 2.45 bits per heavy atom. The molecular formula is C7H13F2NO. The predicted molar refractivity (Wildman–Crippen MR) is 38.8 cm³/mol. The van der Waals surface area contributed by atoms with Crippen molar-refractivity contribution in [2.75, 3.05) is 20.1 Å². The Hall–Kier alpha value is -0.510. The van der Waals surface area contributed by atoms with Crippen LogP contribution in [0.4, 0.5) is 8.78 Å². The molecule has 0 bridgehead atoms. The van der Waals surface area contributed by atoms with Gasteiger partial charge in [0.1, 0.15) is 5.78 Å². The smallest absolute Gasteiger partial charge is 0.251 e. The second-order valence-corrected chi connectivity index (χ2v) is 2.48. The Morgan fingerprint density at radius 2 is 2.09 bits per heavy atom. The SMILES string of the molecule is CCC(=O)CN(C)CC(F)F. The van der Waals surface area contributed by atoms with Crippen LogP contribution in [0.3, 0.4) is 0 Å². The molecule has 11 heavy (non-hydrogen) atoms. The lowest BCUT2D eigenvalue weighted by Crippen LogP contribution is -2.29. The molecule has 4 heteroatoms. The molecular weight excluding hydrogens is 152 g/mol. The van der Waals surface area contributed by atoms with Gasteiger partial charge in [-0.05, 0) is 7.05 Å². The van der Waals surface area contributed by atoms with E-state index in [1.807, 2.05) is 0 Å². The van der Waals surface area contributed by atoms with Gasteiger partial charge in [0.25, 0.3) is 6.43 Å². The Labute approximate surface area is 65.2 Å². The Morgan fingerprint density at radius 1 is 1.55 bits per heavy atom. The molecule has 0 aliphatic heterocycles. The van der Waals surface area contributed by atoms with Crippen LogP contribution in [-0.4, -0.2) is 37.2 Å². The lowest BCUT2D eigenvalue weighted by molar-refractivity contribution is -0.119. The summed E-state index contributed by atoms with van der Waals surface area (Å²) >= 11 is 0. The van der Waals surface area contributed by atoms with Crippen LogP contribution in [0.25, 0.3) is 0 Å². The van der Waals surface area contributed by atoms with Crippen molar-refractivity contribution in [3.05, 3.63) is 0 Å². The van der Waals surface area contributed by atoms with Crippen LogP contribution in [0.2, 0.25) is 0 Å². The summed E-state index contributed by atoms with van der Waals surface area (Å²) in [6.45, 7) is 1.52. The van der Waals surface area contributed by atoms with Gasteiger partial charge in [-0.3, -0.25) is 9.69 Å². The molecule has 0 aromatic heterocycles. The summed E-state index contributed by atoms with van der Waals surface area (Å²) in [4.78, 5) is 12.0. The zero-order valence-electron chi connectivity index (χ0n) is 6.81. The van der Waals surface area contributed by atoms with Crippen LogP contribution < -0.4 is 0 Å². The molecule has 0 rings (SSSR count). The quantitative estimate of drug-likeness (QED) is 0.609. The molecule has 0 saturated heterocycles. The number of hydrogen-bond donors (Lipinski definition) is 0. The monoisotopic (exact) mass is 165 g/mol. The maximum Gasteiger partial charge on any atom is 0.251 e. The van der Waals surface area contributed by atoms with E-state index in [-0.39, 0.29) is 18.9 Å². The van der Waals surface area contributed by atoms with Crippen LogP contribution in [0.5, 0.6) is 0 Å². The number of hydrogen-bond acceptors (Lipinski definition) is 2. The second kappa shape index (κ2) is 5.18. The zero-order chi connectivity index (χ0) is 8.85. The number of ketones is 1. The maximum atomic E-state index is 11.7. The van der Waals surface area contributed by atoms with E-state index >= 15 is 0 Å². The Kier molecular flexibility index (Phi) is 4.94. The highest BCUT2D eigenvalue weighted by Crippen LogP contribution is 1.95. The molecule has 0 aromatic carbocycles. The molecule has 0 fully saturated rings. The number of nitrogens with zero attached hydrogens (tertiary/aromatic N) is 1. The average molecular weight is 165 g/mol. The lowest BCUT2D eigenvalue weighted by Gasteiger charge is -2.13. The third kappa shape index (κ3) is 5.91. The Balaban J connectivity index is 3.51. The first-order valence-corrected chi connectivity index (χ1v) is 3.54. The third-order valence-corrected chi connectivity index (χ3v) is 1.29. The molecule has 0 spiro atoms. The number of carbonyl (C=O) groups is 1. The standard InChI is InChI=1S/C7H13F2NO/c1-3-6(11)4-10(2)5-7(8)9/h7H,3-5H2,1-2H3. The molecule has 2 nitrogen and oxygen atoms in total. The third-order valence-electron chi connectivity index (χ3n) is 1.29. The molecule has 0 unspecified atom stereocenters. The van der Waals surface area contributed by atoms with Gasteiger partial charge in [0.15, 0.2) is 0 Å². The summed E-state index contributed by atoms with van der Waals surface area (Å²) < 4.78 is 23.4. The van der Waals surface area contributed by atoms with Crippen LogP contribution in [0.15, 0.2) is 0 Å². The van der Waals surface area contributed by atoms with Gasteiger partial charge < -0.3 is 0 Å². The van der Waals surface area contributed by atoms with Gasteiger partial charge in [-0.25, -0.2) is 8.78 Å². The van der Waals surface area contributed by atoms with Crippen LogP contribution in [-0.2, 0) is 4.79 Å². The molecule has 0 radical (unpaired) electrons. The van der Waals surface area contributed by atoms with E-state index in [1.54, 1.807) is 6.92 Å². The van der Waals surface area contributed by atoms with Gasteiger partial charge in [0.05, 0.1) is 13.1 Å². The van der Waals surface area contributed by atoms with Crippen molar-refractivity contribution in [3.63, 3.8) is 0 Å². The summed E-state index contributed by atoms with van der Waals surface area (Å²) in [5, 5.41) is 0. The molecule has 0 atom stereocenters. The number of carbonyl (C=O) groups excluding carboxylic acids is 1. The summed E-state index contributed by atoms with van der Waals surface area (Å²) in [6.07, 6.45) is -1.95. The number of Topliss-reactive ketones (excluding diaryl/α,β-unsaturated/α-hetero) is 1. The first-order chi connectivity index (χ1) is 5.06. The van der Waals surface area contributed by atoms with E-state index in [2.05, 4.69) is 0 Å². The molecule has 0 N–H and O–H groups in total. The van der Waals surface area contributed by atoms with Gasteiger partial charge in [-0.2, -0.15) is 0 Å². The predicted octanol–water partition coefficient (Wildman–Crippen LogP) is 1.16. The minimum Gasteiger partial charge on any atom is -0.298 e. The summed E-state index contributed by atoms with van der Waals surface area (Å²) in [5.74, 6) is -0.00634. The lowest BCUT2D eigenvalue weighted by atomic mass is 10.3. The van der Waals surface area contributed by atoms with Crippen molar-refractivity contribution < 1.29 is 13.6 Å². The molecule has 0 saturated carbocycles. The van der Waals surface area contributed by atoms with Crippen molar-refractivity contribution in [1.29, 1.82) is 0 Å². The zero-order valence-corrected chi connectivity index (χ0v) is 6.81. The van der Waals surface area contributed by atoms with Gasteiger partial charge in [-0.15, -0.1) is 0 Å². The first-order valence-electron chi connectivity index (χ1n) is 3.54. The number of rotatable bonds is 5. The van der Waals surface area contributed by atoms with E-state index in [0.717, 1.165) is 0 Å². The van der Waals surface area contributed by atoms with Crippen LogP contribution in [0.1, 0.15) is 13.3 Å². The van der Waals surface area contributed by atoms with Crippen molar-refractivity contribution in [2.45, 2.75) is 19.8 Å².